The zero-order chi connectivity index (χ0) is 17.7. The Hall–Kier alpha value is -1.56. The molecular weight excluding hydrogens is 317 g/mol. The van der Waals surface area contributed by atoms with E-state index in [2.05, 4.69) is 24.1 Å². The third-order valence-corrected chi connectivity index (χ3v) is 4.25. The van der Waals surface area contributed by atoms with Gasteiger partial charge >= 0.3 is 6.18 Å². The number of carbonyl (C=O) groups is 1. The number of alkyl halides is 3. The highest BCUT2D eigenvalue weighted by molar-refractivity contribution is 5.79. The normalized spacial score (nSPS) is 19.0. The van der Waals surface area contributed by atoms with Gasteiger partial charge in [0.1, 0.15) is 0 Å². The van der Waals surface area contributed by atoms with Gasteiger partial charge in [0.25, 0.3) is 0 Å². The molecule has 24 heavy (non-hydrogen) atoms. The average molecular weight is 342 g/mol. The first kappa shape index (κ1) is 18.8. The van der Waals surface area contributed by atoms with Crippen molar-refractivity contribution in [2.45, 2.75) is 32.9 Å². The Kier molecular flexibility index (Phi) is 6.27. The molecule has 1 fully saturated rings. The number of likely N-dealkylation sites (tertiary alicyclic amines) is 1. The van der Waals surface area contributed by atoms with Crippen molar-refractivity contribution in [3.63, 3.8) is 0 Å². The Morgan fingerprint density at radius 3 is 2.71 bits per heavy atom. The van der Waals surface area contributed by atoms with Crippen molar-refractivity contribution in [1.29, 1.82) is 0 Å². The first-order valence-corrected chi connectivity index (χ1v) is 8.40. The Morgan fingerprint density at radius 2 is 2.04 bits per heavy atom. The highest BCUT2D eigenvalue weighted by Gasteiger charge is 2.33. The average Bonchev–Trinajstić information content (AvgIpc) is 2.91. The monoisotopic (exact) mass is 342 g/mol. The van der Waals surface area contributed by atoms with Crippen LogP contribution in [-0.4, -0.2) is 37.0 Å². The fourth-order valence-corrected chi connectivity index (χ4v) is 3.21. The zero-order valence-electron chi connectivity index (χ0n) is 14.2. The molecule has 0 bridgehead atoms. The second kappa shape index (κ2) is 8.01. The number of benzene rings is 1. The summed E-state index contributed by atoms with van der Waals surface area (Å²) in [5.74, 6) is 0.636. The summed E-state index contributed by atoms with van der Waals surface area (Å²) in [5.41, 5.74) is -0.709. The topological polar surface area (TPSA) is 32.3 Å². The maximum atomic E-state index is 12.9. The van der Waals surface area contributed by atoms with E-state index < -0.39 is 11.7 Å². The predicted molar refractivity (Wildman–Crippen MR) is 87.5 cm³/mol. The molecule has 0 aromatic heterocycles. The van der Waals surface area contributed by atoms with Gasteiger partial charge < -0.3 is 10.2 Å². The summed E-state index contributed by atoms with van der Waals surface area (Å²) in [7, 11) is 0. The van der Waals surface area contributed by atoms with E-state index in [0.717, 1.165) is 32.1 Å². The van der Waals surface area contributed by atoms with Crippen LogP contribution in [0.2, 0.25) is 0 Å². The van der Waals surface area contributed by atoms with Gasteiger partial charge in [-0.2, -0.15) is 13.2 Å². The SMILES string of the molecule is CC(C)CN1CCC(CNC(=O)Cc2ccccc2C(F)(F)F)C1. The number of halogens is 3. The molecule has 1 aliphatic rings. The number of amides is 1. The lowest BCUT2D eigenvalue weighted by atomic mass is 10.0. The molecule has 1 unspecified atom stereocenters. The van der Waals surface area contributed by atoms with Crippen molar-refractivity contribution in [2.24, 2.45) is 11.8 Å². The van der Waals surface area contributed by atoms with Crippen LogP contribution in [0.5, 0.6) is 0 Å². The molecule has 3 nitrogen and oxygen atoms in total. The fraction of sp³-hybridized carbons (Fsp3) is 0.611. The lowest BCUT2D eigenvalue weighted by Gasteiger charge is -2.18. The lowest BCUT2D eigenvalue weighted by molar-refractivity contribution is -0.138. The lowest BCUT2D eigenvalue weighted by Crippen LogP contribution is -2.33. The Balaban J connectivity index is 1.83. The number of carbonyl (C=O) groups excluding carboxylic acids is 1. The molecule has 6 heteroatoms. The van der Waals surface area contributed by atoms with Crippen LogP contribution in [0, 0.1) is 11.8 Å². The molecule has 1 aromatic carbocycles. The minimum absolute atomic E-state index is 0.0235. The van der Waals surface area contributed by atoms with E-state index in [-0.39, 0.29) is 17.9 Å². The van der Waals surface area contributed by atoms with E-state index in [1.165, 1.54) is 18.2 Å². The third-order valence-electron chi connectivity index (χ3n) is 4.25. The molecule has 0 saturated carbocycles. The quantitative estimate of drug-likeness (QED) is 0.860. The van der Waals surface area contributed by atoms with E-state index in [4.69, 9.17) is 0 Å². The second-order valence-corrected chi connectivity index (χ2v) is 6.94. The molecule has 0 aliphatic carbocycles. The van der Waals surface area contributed by atoms with E-state index in [9.17, 15) is 18.0 Å². The highest BCUT2D eigenvalue weighted by atomic mass is 19.4. The van der Waals surface area contributed by atoms with Crippen LogP contribution in [0.3, 0.4) is 0 Å². The number of hydrogen-bond donors (Lipinski definition) is 1. The van der Waals surface area contributed by atoms with E-state index in [0.29, 0.717) is 18.4 Å². The second-order valence-electron chi connectivity index (χ2n) is 6.94. The van der Waals surface area contributed by atoms with Gasteiger partial charge in [0.2, 0.25) is 5.91 Å². The van der Waals surface area contributed by atoms with Crippen LogP contribution >= 0.6 is 0 Å². The van der Waals surface area contributed by atoms with Gasteiger partial charge in [-0.15, -0.1) is 0 Å². The van der Waals surface area contributed by atoms with Crippen molar-refractivity contribution in [1.82, 2.24) is 10.2 Å². The van der Waals surface area contributed by atoms with Crippen LogP contribution in [0.15, 0.2) is 24.3 Å². The van der Waals surface area contributed by atoms with Gasteiger partial charge in [-0.1, -0.05) is 32.0 Å². The van der Waals surface area contributed by atoms with Crippen LogP contribution in [0.4, 0.5) is 13.2 Å². The summed E-state index contributed by atoms with van der Waals surface area (Å²) in [6.07, 6.45) is -3.65. The van der Waals surface area contributed by atoms with Crippen LogP contribution in [-0.2, 0) is 17.4 Å². The van der Waals surface area contributed by atoms with Crippen molar-refractivity contribution in [3.05, 3.63) is 35.4 Å². The molecule has 1 amide bonds. The number of rotatable bonds is 6. The standard InChI is InChI=1S/C18H25F3N2O/c1-13(2)11-23-8-7-14(12-23)10-22-17(24)9-15-5-3-4-6-16(15)18(19,20)21/h3-6,13-14H,7-12H2,1-2H3,(H,22,24). The minimum Gasteiger partial charge on any atom is -0.355 e. The van der Waals surface area contributed by atoms with Gasteiger partial charge in [0, 0.05) is 19.6 Å². The molecule has 0 radical (unpaired) electrons. The molecule has 1 heterocycles. The molecule has 1 aliphatic heterocycles. The van der Waals surface area contributed by atoms with Crippen LogP contribution in [0.25, 0.3) is 0 Å². The number of nitrogens with one attached hydrogen (secondary N) is 1. The van der Waals surface area contributed by atoms with Crippen molar-refractivity contribution in [3.8, 4) is 0 Å². The van der Waals surface area contributed by atoms with Crippen molar-refractivity contribution >= 4 is 5.91 Å². The van der Waals surface area contributed by atoms with Crippen molar-refractivity contribution in [2.75, 3.05) is 26.2 Å². The maximum Gasteiger partial charge on any atom is 0.416 e. The summed E-state index contributed by atoms with van der Waals surface area (Å²) in [4.78, 5) is 14.4. The Labute approximate surface area is 141 Å². The predicted octanol–water partition coefficient (Wildman–Crippen LogP) is 3.34. The summed E-state index contributed by atoms with van der Waals surface area (Å²) in [6, 6.07) is 5.25. The molecule has 0 spiro atoms. The maximum absolute atomic E-state index is 12.9. The molecule has 1 saturated heterocycles. The van der Waals surface area contributed by atoms with Gasteiger partial charge in [-0.25, -0.2) is 0 Å². The number of hydrogen-bond acceptors (Lipinski definition) is 2. The Bertz CT molecular complexity index is 557. The van der Waals surface area contributed by atoms with Crippen LogP contribution in [0.1, 0.15) is 31.4 Å². The molecule has 1 atom stereocenters. The largest absolute Gasteiger partial charge is 0.416 e. The minimum atomic E-state index is -4.43. The van der Waals surface area contributed by atoms with E-state index >= 15 is 0 Å². The fourth-order valence-electron chi connectivity index (χ4n) is 3.21. The molecule has 2 rings (SSSR count). The van der Waals surface area contributed by atoms with Gasteiger partial charge in [0.05, 0.1) is 12.0 Å². The van der Waals surface area contributed by atoms with Gasteiger partial charge in [0.15, 0.2) is 0 Å². The molecule has 1 aromatic rings. The first-order valence-electron chi connectivity index (χ1n) is 8.40. The molecule has 134 valence electrons. The molecular formula is C18H25F3N2O. The Morgan fingerprint density at radius 1 is 1.33 bits per heavy atom. The van der Waals surface area contributed by atoms with E-state index in [1.54, 1.807) is 0 Å². The van der Waals surface area contributed by atoms with Crippen molar-refractivity contribution < 1.29 is 18.0 Å². The number of nitrogens with zero attached hydrogens (tertiary/aromatic N) is 1. The third kappa shape index (κ3) is 5.51. The summed E-state index contributed by atoms with van der Waals surface area (Å²) >= 11 is 0. The highest BCUT2D eigenvalue weighted by Crippen LogP contribution is 2.32. The summed E-state index contributed by atoms with van der Waals surface area (Å²) in [5, 5.41) is 2.79. The van der Waals surface area contributed by atoms with Crippen LogP contribution < -0.4 is 5.32 Å². The summed E-state index contributed by atoms with van der Waals surface area (Å²) in [6.45, 7) is 7.89. The zero-order valence-corrected chi connectivity index (χ0v) is 14.2. The summed E-state index contributed by atoms with van der Waals surface area (Å²) < 4.78 is 38.8. The molecule has 1 N–H and O–H groups in total. The van der Waals surface area contributed by atoms with Gasteiger partial charge in [-0.3, -0.25) is 4.79 Å². The van der Waals surface area contributed by atoms with Gasteiger partial charge in [-0.05, 0) is 36.4 Å². The smallest absolute Gasteiger partial charge is 0.355 e. The van der Waals surface area contributed by atoms with E-state index in [1.807, 2.05) is 0 Å². The first-order chi connectivity index (χ1) is 11.3.